The monoisotopic (exact) mass is 397 g/mol. The van der Waals surface area contributed by atoms with Gasteiger partial charge in [-0.3, -0.25) is 4.79 Å². The molecule has 0 saturated carbocycles. The largest absolute Gasteiger partial charge is 0.504 e. The van der Waals surface area contributed by atoms with Crippen LogP contribution in [0.5, 0.6) is 17.2 Å². The highest BCUT2D eigenvalue weighted by Crippen LogP contribution is 2.43. The van der Waals surface area contributed by atoms with Crippen LogP contribution in [0, 0.1) is 13.8 Å². The third kappa shape index (κ3) is 4.19. The number of hydrogen-bond donors (Lipinski definition) is 2. The zero-order valence-corrected chi connectivity index (χ0v) is 17.7. The Morgan fingerprint density at radius 2 is 1.90 bits per heavy atom. The molecule has 0 bridgehead atoms. The summed E-state index contributed by atoms with van der Waals surface area (Å²) in [6, 6.07) is 9.41. The Hall–Kier alpha value is -2.69. The van der Waals surface area contributed by atoms with Crippen molar-refractivity contribution in [1.82, 2.24) is 4.90 Å². The smallest absolute Gasteiger partial charge is 0.222 e. The number of amides is 1. The molecule has 5 nitrogen and oxygen atoms in total. The number of para-hydroxylation sites is 1. The van der Waals surface area contributed by atoms with Crippen LogP contribution in [0.1, 0.15) is 61.3 Å². The molecule has 0 aromatic heterocycles. The van der Waals surface area contributed by atoms with E-state index < -0.39 is 6.23 Å². The first-order chi connectivity index (χ1) is 13.8. The van der Waals surface area contributed by atoms with Crippen molar-refractivity contribution < 1.29 is 19.7 Å². The molecule has 1 aliphatic carbocycles. The van der Waals surface area contributed by atoms with Crippen LogP contribution in [0.3, 0.4) is 0 Å². The van der Waals surface area contributed by atoms with E-state index in [0.29, 0.717) is 13.0 Å². The molecule has 0 heterocycles. The average molecular weight is 398 g/mol. The van der Waals surface area contributed by atoms with Crippen molar-refractivity contribution in [3.8, 4) is 17.2 Å². The van der Waals surface area contributed by atoms with Crippen LogP contribution in [0.4, 0.5) is 0 Å². The first kappa shape index (κ1) is 21.0. The molecule has 2 aromatic rings. The molecule has 29 heavy (non-hydrogen) atoms. The van der Waals surface area contributed by atoms with Crippen LogP contribution >= 0.6 is 0 Å². The molecule has 3 rings (SSSR count). The van der Waals surface area contributed by atoms with E-state index in [1.54, 1.807) is 11.8 Å². The summed E-state index contributed by atoms with van der Waals surface area (Å²) >= 11 is 0. The minimum Gasteiger partial charge on any atom is -0.504 e. The van der Waals surface area contributed by atoms with Gasteiger partial charge in [0.25, 0.3) is 0 Å². The van der Waals surface area contributed by atoms with Crippen LogP contribution in [0.25, 0.3) is 0 Å². The van der Waals surface area contributed by atoms with Gasteiger partial charge < -0.3 is 19.8 Å². The van der Waals surface area contributed by atoms with Crippen molar-refractivity contribution >= 4 is 5.91 Å². The van der Waals surface area contributed by atoms with Crippen molar-refractivity contribution in [2.24, 2.45) is 0 Å². The standard InChI is InChI=1S/C24H31NO4/c1-5-14-25(17(4)26)24(29-23-15(2)8-6-9-16(23)3)20-11-7-10-19-18(20)12-13-21(27)22(19)28/h6,8-9,12-13,20,24,27-28H,5,7,10-11,14H2,1-4H3. The lowest BCUT2D eigenvalue weighted by Crippen LogP contribution is -2.47. The van der Waals surface area contributed by atoms with E-state index in [0.717, 1.165) is 47.3 Å². The third-order valence-electron chi connectivity index (χ3n) is 5.81. The van der Waals surface area contributed by atoms with Crippen LogP contribution in [0.15, 0.2) is 30.3 Å². The lowest BCUT2D eigenvalue weighted by atomic mass is 9.80. The summed E-state index contributed by atoms with van der Waals surface area (Å²) in [5.74, 6) is 0.532. The van der Waals surface area contributed by atoms with Gasteiger partial charge in [-0.1, -0.05) is 31.2 Å². The second kappa shape index (κ2) is 8.76. The number of rotatable bonds is 6. The molecule has 2 atom stereocenters. The highest BCUT2D eigenvalue weighted by atomic mass is 16.5. The number of hydrogen-bond acceptors (Lipinski definition) is 4. The number of carbonyl (C=O) groups is 1. The first-order valence-electron chi connectivity index (χ1n) is 10.4. The molecule has 2 unspecified atom stereocenters. The number of phenols is 2. The van der Waals surface area contributed by atoms with Crippen molar-refractivity contribution in [2.75, 3.05) is 6.54 Å². The molecular formula is C24H31NO4. The normalized spacial score (nSPS) is 16.8. The lowest BCUT2D eigenvalue weighted by molar-refractivity contribution is -0.139. The Morgan fingerprint density at radius 3 is 2.52 bits per heavy atom. The summed E-state index contributed by atoms with van der Waals surface area (Å²) < 4.78 is 6.58. The maximum absolute atomic E-state index is 12.6. The second-order valence-electron chi connectivity index (χ2n) is 7.94. The van der Waals surface area contributed by atoms with E-state index in [1.807, 2.05) is 45.0 Å². The molecular weight excluding hydrogens is 366 g/mol. The Morgan fingerprint density at radius 1 is 1.21 bits per heavy atom. The SMILES string of the molecule is CCCN(C(C)=O)C(Oc1c(C)cccc1C)C1CCCc2c1ccc(O)c2O. The van der Waals surface area contributed by atoms with Crippen LogP contribution in [0.2, 0.25) is 0 Å². The maximum Gasteiger partial charge on any atom is 0.222 e. The second-order valence-corrected chi connectivity index (χ2v) is 7.94. The fourth-order valence-electron chi connectivity index (χ4n) is 4.37. The fraction of sp³-hybridized carbons (Fsp3) is 0.458. The third-order valence-corrected chi connectivity index (χ3v) is 5.81. The van der Waals surface area contributed by atoms with E-state index in [1.165, 1.54) is 6.07 Å². The predicted molar refractivity (Wildman–Crippen MR) is 113 cm³/mol. The summed E-state index contributed by atoms with van der Waals surface area (Å²) in [5, 5.41) is 20.3. The number of aromatic hydroxyl groups is 2. The molecule has 2 aromatic carbocycles. The molecule has 2 N–H and O–H groups in total. The van der Waals surface area contributed by atoms with Gasteiger partial charge in [-0.15, -0.1) is 0 Å². The van der Waals surface area contributed by atoms with Crippen LogP contribution in [-0.2, 0) is 11.2 Å². The number of fused-ring (bicyclic) bond motifs is 1. The molecule has 5 heteroatoms. The molecule has 0 aliphatic heterocycles. The van der Waals surface area contributed by atoms with Crippen molar-refractivity contribution in [3.05, 3.63) is 52.6 Å². The molecule has 0 fully saturated rings. The molecule has 0 spiro atoms. The summed E-state index contributed by atoms with van der Waals surface area (Å²) in [7, 11) is 0. The Bertz CT molecular complexity index is 872. The van der Waals surface area contributed by atoms with E-state index in [-0.39, 0.29) is 23.3 Å². The van der Waals surface area contributed by atoms with Gasteiger partial charge in [0.15, 0.2) is 17.7 Å². The molecule has 1 amide bonds. The molecule has 0 saturated heterocycles. The average Bonchev–Trinajstić information content (AvgIpc) is 2.69. The van der Waals surface area contributed by atoms with Crippen molar-refractivity contribution in [3.63, 3.8) is 0 Å². The highest BCUT2D eigenvalue weighted by molar-refractivity contribution is 5.73. The van der Waals surface area contributed by atoms with Gasteiger partial charge in [0.2, 0.25) is 5.91 Å². The number of phenolic OH excluding ortho intramolecular Hbond substituents is 2. The van der Waals surface area contributed by atoms with Gasteiger partial charge in [-0.05, 0) is 62.3 Å². The van der Waals surface area contributed by atoms with Gasteiger partial charge in [0.05, 0.1) is 0 Å². The minimum atomic E-state index is -0.477. The number of benzene rings is 2. The summed E-state index contributed by atoms with van der Waals surface area (Å²) in [5.41, 5.74) is 3.76. The van der Waals surface area contributed by atoms with E-state index >= 15 is 0 Å². The van der Waals surface area contributed by atoms with E-state index in [4.69, 9.17) is 4.74 Å². The quantitative estimate of drug-likeness (QED) is 0.543. The minimum absolute atomic E-state index is 0.0294. The van der Waals surface area contributed by atoms with Crippen molar-refractivity contribution in [2.45, 2.75) is 65.5 Å². The fourth-order valence-corrected chi connectivity index (χ4v) is 4.37. The molecule has 156 valence electrons. The number of aryl methyl sites for hydroxylation is 2. The van der Waals surface area contributed by atoms with E-state index in [2.05, 4.69) is 0 Å². The molecule has 0 radical (unpaired) electrons. The topological polar surface area (TPSA) is 70.0 Å². The molecule has 1 aliphatic rings. The Balaban J connectivity index is 2.09. The number of carbonyl (C=O) groups excluding carboxylic acids is 1. The maximum atomic E-state index is 12.6. The zero-order chi connectivity index (χ0) is 21.1. The summed E-state index contributed by atoms with van der Waals surface area (Å²) in [6.45, 7) is 8.24. The van der Waals surface area contributed by atoms with E-state index in [9.17, 15) is 15.0 Å². The van der Waals surface area contributed by atoms with Crippen molar-refractivity contribution in [1.29, 1.82) is 0 Å². The predicted octanol–water partition coefficient (Wildman–Crippen LogP) is 4.80. The summed E-state index contributed by atoms with van der Waals surface area (Å²) in [4.78, 5) is 14.4. The summed E-state index contributed by atoms with van der Waals surface area (Å²) in [6.07, 6.45) is 2.76. The van der Waals surface area contributed by atoms with Gasteiger partial charge in [0, 0.05) is 24.9 Å². The van der Waals surface area contributed by atoms with Gasteiger partial charge in [-0.25, -0.2) is 0 Å². The van der Waals surface area contributed by atoms with Gasteiger partial charge in [-0.2, -0.15) is 0 Å². The van der Waals surface area contributed by atoms with Crippen LogP contribution < -0.4 is 4.74 Å². The van der Waals surface area contributed by atoms with Gasteiger partial charge >= 0.3 is 0 Å². The Labute approximate surface area is 172 Å². The first-order valence-corrected chi connectivity index (χ1v) is 10.4. The van der Waals surface area contributed by atoms with Gasteiger partial charge in [0.1, 0.15) is 5.75 Å². The van der Waals surface area contributed by atoms with Crippen LogP contribution in [-0.4, -0.2) is 33.8 Å². The number of nitrogens with zero attached hydrogens (tertiary/aromatic N) is 1. The Kier molecular flexibility index (Phi) is 6.36. The lowest BCUT2D eigenvalue weighted by Gasteiger charge is -2.39. The zero-order valence-electron chi connectivity index (χ0n) is 17.7. The highest BCUT2D eigenvalue weighted by Gasteiger charge is 2.36. The number of ether oxygens (including phenoxy) is 1.